The summed E-state index contributed by atoms with van der Waals surface area (Å²) >= 11 is 1.46. The van der Waals surface area contributed by atoms with Gasteiger partial charge < -0.3 is 10.6 Å². The zero-order valence-electron chi connectivity index (χ0n) is 9.58. The molecule has 5 heteroatoms. The highest BCUT2D eigenvalue weighted by atomic mass is 32.1. The van der Waals surface area contributed by atoms with E-state index in [-0.39, 0.29) is 6.54 Å². The highest BCUT2D eigenvalue weighted by Gasteiger charge is 2.20. The van der Waals surface area contributed by atoms with E-state index in [0.29, 0.717) is 4.88 Å². The summed E-state index contributed by atoms with van der Waals surface area (Å²) in [6.07, 6.45) is 2.66. The summed E-state index contributed by atoms with van der Waals surface area (Å²) < 4.78 is 13.5. The van der Waals surface area contributed by atoms with Crippen molar-refractivity contribution >= 4 is 16.5 Å². The Bertz CT molecular complexity index is 347. The maximum atomic E-state index is 13.5. The summed E-state index contributed by atoms with van der Waals surface area (Å²) in [7, 11) is 0. The normalized spacial score (nSPS) is 18.8. The van der Waals surface area contributed by atoms with Gasteiger partial charge in [-0.2, -0.15) is 0 Å². The van der Waals surface area contributed by atoms with Gasteiger partial charge in [0.05, 0.1) is 10.6 Å². The van der Waals surface area contributed by atoms with Crippen LogP contribution in [0.3, 0.4) is 0 Å². The molecule has 1 fully saturated rings. The van der Waals surface area contributed by atoms with E-state index in [1.807, 2.05) is 6.92 Å². The lowest BCUT2D eigenvalue weighted by Gasteiger charge is -2.25. The number of nitrogens with two attached hydrogens (primary N) is 1. The minimum absolute atomic E-state index is 0.0441. The third-order valence-electron chi connectivity index (χ3n) is 2.94. The number of hydrogen-bond acceptors (Lipinski definition) is 4. The van der Waals surface area contributed by atoms with Gasteiger partial charge in [0.2, 0.25) is 0 Å². The third kappa shape index (κ3) is 2.35. The number of alkyl halides is 1. The number of thiazole rings is 1. The van der Waals surface area contributed by atoms with Crippen LogP contribution in [-0.2, 0) is 0 Å². The predicted molar refractivity (Wildman–Crippen MR) is 65.8 cm³/mol. The molecule has 0 spiro atoms. The second kappa shape index (κ2) is 5.10. The Kier molecular flexibility index (Phi) is 3.76. The van der Waals surface area contributed by atoms with Crippen LogP contribution in [0, 0.1) is 6.92 Å². The van der Waals surface area contributed by atoms with Gasteiger partial charge in [0.1, 0.15) is 6.17 Å². The minimum Gasteiger partial charge on any atom is -0.348 e. The third-order valence-corrected chi connectivity index (χ3v) is 4.24. The Morgan fingerprint density at radius 3 is 2.75 bits per heavy atom. The van der Waals surface area contributed by atoms with Gasteiger partial charge in [-0.05, 0) is 26.2 Å². The van der Waals surface area contributed by atoms with Crippen LogP contribution < -0.4 is 10.6 Å². The molecule has 2 heterocycles. The Morgan fingerprint density at radius 1 is 1.44 bits per heavy atom. The van der Waals surface area contributed by atoms with Crippen LogP contribution in [0.4, 0.5) is 9.52 Å². The average molecular weight is 243 g/mol. The molecule has 1 aliphatic rings. The van der Waals surface area contributed by atoms with Crippen molar-refractivity contribution in [1.82, 2.24) is 4.98 Å². The number of aryl methyl sites for hydroxylation is 1. The molecule has 1 aromatic heterocycles. The van der Waals surface area contributed by atoms with Crippen LogP contribution in [-0.4, -0.2) is 24.6 Å². The molecular weight excluding hydrogens is 225 g/mol. The smallest absolute Gasteiger partial charge is 0.185 e. The average Bonchev–Trinajstić information content (AvgIpc) is 2.71. The van der Waals surface area contributed by atoms with Gasteiger partial charge in [-0.3, -0.25) is 0 Å². The highest BCUT2D eigenvalue weighted by molar-refractivity contribution is 7.15. The zero-order chi connectivity index (χ0) is 11.5. The van der Waals surface area contributed by atoms with E-state index in [1.54, 1.807) is 0 Å². The molecule has 1 aliphatic heterocycles. The lowest BCUT2D eigenvalue weighted by molar-refractivity contribution is 0.357. The van der Waals surface area contributed by atoms with E-state index < -0.39 is 6.17 Å². The maximum Gasteiger partial charge on any atom is 0.185 e. The van der Waals surface area contributed by atoms with Gasteiger partial charge >= 0.3 is 0 Å². The van der Waals surface area contributed by atoms with Crippen molar-refractivity contribution in [2.45, 2.75) is 32.4 Å². The molecule has 16 heavy (non-hydrogen) atoms. The van der Waals surface area contributed by atoms with Gasteiger partial charge in [-0.25, -0.2) is 9.37 Å². The molecule has 1 aromatic rings. The Morgan fingerprint density at radius 2 is 2.12 bits per heavy atom. The van der Waals surface area contributed by atoms with E-state index in [2.05, 4.69) is 9.88 Å². The van der Waals surface area contributed by atoms with Crippen LogP contribution >= 0.6 is 11.3 Å². The van der Waals surface area contributed by atoms with Crippen molar-refractivity contribution in [3.8, 4) is 0 Å². The second-order valence-corrected chi connectivity index (χ2v) is 5.21. The van der Waals surface area contributed by atoms with E-state index in [9.17, 15) is 4.39 Å². The van der Waals surface area contributed by atoms with E-state index in [0.717, 1.165) is 23.9 Å². The molecule has 2 rings (SSSR count). The molecule has 0 aromatic carbocycles. The Hall–Kier alpha value is -0.680. The van der Waals surface area contributed by atoms with Crippen LogP contribution in [0.1, 0.15) is 36.0 Å². The molecule has 0 bridgehead atoms. The Labute approximate surface area is 99.5 Å². The molecule has 2 N–H and O–H groups in total. The molecule has 0 radical (unpaired) electrons. The van der Waals surface area contributed by atoms with Crippen LogP contribution in [0.2, 0.25) is 0 Å². The summed E-state index contributed by atoms with van der Waals surface area (Å²) in [5.41, 5.74) is 6.15. The standard InChI is InChI=1S/C11H18FN3S/c1-8-10(9(12)7-13)16-11(14-8)15-5-3-2-4-6-15/h9H,2-7,13H2,1H3. The summed E-state index contributed by atoms with van der Waals surface area (Å²) in [5, 5.41) is 0.961. The first-order valence-corrected chi connectivity index (χ1v) is 6.60. The Balaban J connectivity index is 2.16. The molecular formula is C11H18FN3S. The summed E-state index contributed by atoms with van der Waals surface area (Å²) in [4.78, 5) is 7.41. The van der Waals surface area contributed by atoms with Gasteiger partial charge in [0, 0.05) is 19.6 Å². The molecule has 1 atom stereocenters. The van der Waals surface area contributed by atoms with Crippen LogP contribution in [0.15, 0.2) is 0 Å². The number of aromatic nitrogens is 1. The van der Waals surface area contributed by atoms with Crippen molar-refractivity contribution in [2.24, 2.45) is 5.73 Å². The van der Waals surface area contributed by atoms with Gasteiger partial charge in [0.25, 0.3) is 0 Å². The first-order valence-electron chi connectivity index (χ1n) is 5.78. The number of rotatable bonds is 3. The lowest BCUT2D eigenvalue weighted by atomic mass is 10.1. The largest absolute Gasteiger partial charge is 0.348 e. The number of piperidine rings is 1. The number of halogens is 1. The van der Waals surface area contributed by atoms with E-state index in [1.165, 1.54) is 30.6 Å². The summed E-state index contributed by atoms with van der Waals surface area (Å²) in [6, 6.07) is 0. The molecule has 90 valence electrons. The van der Waals surface area contributed by atoms with Crippen molar-refractivity contribution in [2.75, 3.05) is 24.5 Å². The molecule has 1 saturated heterocycles. The number of hydrogen-bond donors (Lipinski definition) is 1. The highest BCUT2D eigenvalue weighted by Crippen LogP contribution is 2.33. The zero-order valence-corrected chi connectivity index (χ0v) is 10.4. The fourth-order valence-electron chi connectivity index (χ4n) is 2.01. The lowest BCUT2D eigenvalue weighted by Crippen LogP contribution is -2.29. The first kappa shape index (κ1) is 11.8. The van der Waals surface area contributed by atoms with E-state index >= 15 is 0 Å². The van der Waals surface area contributed by atoms with Gasteiger partial charge in [-0.1, -0.05) is 11.3 Å². The monoisotopic (exact) mass is 243 g/mol. The number of nitrogens with zero attached hydrogens (tertiary/aromatic N) is 2. The first-order chi connectivity index (χ1) is 7.72. The maximum absolute atomic E-state index is 13.5. The van der Waals surface area contributed by atoms with Crippen molar-refractivity contribution in [3.63, 3.8) is 0 Å². The fraction of sp³-hybridized carbons (Fsp3) is 0.727. The van der Waals surface area contributed by atoms with Crippen LogP contribution in [0.25, 0.3) is 0 Å². The van der Waals surface area contributed by atoms with Crippen molar-refractivity contribution in [3.05, 3.63) is 10.6 Å². The van der Waals surface area contributed by atoms with Gasteiger partial charge in [0.15, 0.2) is 5.13 Å². The van der Waals surface area contributed by atoms with Crippen molar-refractivity contribution < 1.29 is 4.39 Å². The topological polar surface area (TPSA) is 42.2 Å². The summed E-state index contributed by atoms with van der Waals surface area (Å²) in [6.45, 7) is 4.00. The molecule has 0 aliphatic carbocycles. The quantitative estimate of drug-likeness (QED) is 0.886. The van der Waals surface area contributed by atoms with E-state index in [4.69, 9.17) is 5.73 Å². The minimum atomic E-state index is -1.06. The second-order valence-electron chi connectivity index (χ2n) is 4.20. The molecule has 3 nitrogen and oxygen atoms in total. The number of anilines is 1. The molecule has 1 unspecified atom stereocenters. The van der Waals surface area contributed by atoms with Crippen molar-refractivity contribution in [1.29, 1.82) is 0 Å². The summed E-state index contributed by atoms with van der Waals surface area (Å²) in [5.74, 6) is 0. The van der Waals surface area contributed by atoms with Crippen LogP contribution in [0.5, 0.6) is 0 Å². The fourth-order valence-corrected chi connectivity index (χ4v) is 3.12. The van der Waals surface area contributed by atoms with Gasteiger partial charge in [-0.15, -0.1) is 0 Å². The molecule has 0 amide bonds. The molecule has 0 saturated carbocycles. The predicted octanol–water partition coefficient (Wildman–Crippen LogP) is 2.41. The SMILES string of the molecule is Cc1nc(N2CCCCC2)sc1C(F)CN.